The van der Waals surface area contributed by atoms with Crippen LogP contribution in [0.2, 0.25) is 0 Å². The Morgan fingerprint density at radius 3 is 2.57 bits per heavy atom. The molecule has 152 valence electrons. The van der Waals surface area contributed by atoms with Gasteiger partial charge in [0.05, 0.1) is 6.61 Å². The average Bonchev–Trinajstić information content (AvgIpc) is 3.20. The molecule has 0 aromatic rings. The number of cyclic esters (lactones) is 1. The Labute approximate surface area is 161 Å². The predicted octanol–water partition coefficient (Wildman–Crippen LogP) is 1.39. The molecule has 0 radical (unpaired) electrons. The highest BCUT2D eigenvalue weighted by Crippen LogP contribution is 2.40. The minimum atomic E-state index is -1.44. The third kappa shape index (κ3) is 3.31. The molecule has 28 heavy (non-hydrogen) atoms. The molecule has 2 aliphatic heterocycles. The van der Waals surface area contributed by atoms with Gasteiger partial charge in [0.1, 0.15) is 6.10 Å². The molecule has 0 amide bonds. The molecule has 3 aliphatic rings. The van der Waals surface area contributed by atoms with Crippen molar-refractivity contribution in [3.05, 3.63) is 35.3 Å². The lowest BCUT2D eigenvalue weighted by atomic mass is 9.71. The van der Waals surface area contributed by atoms with Gasteiger partial charge in [0.15, 0.2) is 23.8 Å². The summed E-state index contributed by atoms with van der Waals surface area (Å²) >= 11 is 0. The number of allylic oxidation sites excluding steroid dienone is 2. The Hall–Kier alpha value is -2.65. The van der Waals surface area contributed by atoms with Crippen LogP contribution in [0.1, 0.15) is 27.2 Å². The van der Waals surface area contributed by atoms with Crippen LogP contribution < -0.4 is 0 Å². The second kappa shape index (κ2) is 7.06. The SMILES string of the molecule is C=CC1=C(C)C(=O)C(OC(=O)C2OCC([C@H]3OC(=O)C(O)=C3O)O2)CC1(C)C. The maximum absolute atomic E-state index is 12.5. The molecule has 2 heterocycles. The second-order valence-corrected chi connectivity index (χ2v) is 7.52. The summed E-state index contributed by atoms with van der Waals surface area (Å²) < 4.78 is 20.7. The molecule has 9 nitrogen and oxygen atoms in total. The molecule has 3 unspecified atom stereocenters. The van der Waals surface area contributed by atoms with Gasteiger partial charge in [0.25, 0.3) is 6.29 Å². The number of Topliss-reactive ketones (excluding diaryl/α,β-unsaturated/α-hetero) is 1. The maximum atomic E-state index is 12.5. The summed E-state index contributed by atoms with van der Waals surface area (Å²) in [5.41, 5.74) is 0.887. The number of rotatable bonds is 4. The predicted molar refractivity (Wildman–Crippen MR) is 93.0 cm³/mol. The van der Waals surface area contributed by atoms with Gasteiger partial charge in [-0.05, 0) is 23.5 Å². The summed E-state index contributed by atoms with van der Waals surface area (Å²) in [6.07, 6.45) is -2.79. The molecule has 0 bridgehead atoms. The van der Waals surface area contributed by atoms with E-state index in [1.54, 1.807) is 13.0 Å². The molecule has 0 saturated carbocycles. The molecule has 4 atom stereocenters. The number of hydrogen-bond donors (Lipinski definition) is 2. The van der Waals surface area contributed by atoms with Crippen molar-refractivity contribution in [3.63, 3.8) is 0 Å². The average molecular weight is 394 g/mol. The summed E-state index contributed by atoms with van der Waals surface area (Å²) in [6.45, 7) is 9.07. The zero-order chi connectivity index (χ0) is 20.8. The molecule has 1 fully saturated rings. The standard InChI is InChI=1S/C19H22O9/c1-5-9-8(2)12(20)10(6-19(9,3)4)26-17(24)18-25-7-11(27-18)15-13(21)14(22)16(23)28-15/h5,10-11,15,18,21-22H,1,6-7H2,2-4H3/t10?,11?,15-,18?/m1/s1. The quantitative estimate of drug-likeness (QED) is 0.680. The Bertz CT molecular complexity index is 804. The van der Waals surface area contributed by atoms with Crippen molar-refractivity contribution in [2.45, 2.75) is 51.8 Å². The van der Waals surface area contributed by atoms with Gasteiger partial charge in [0, 0.05) is 6.42 Å². The molecule has 1 aliphatic carbocycles. The molecule has 0 aromatic heterocycles. The van der Waals surface area contributed by atoms with Gasteiger partial charge in [-0.3, -0.25) is 4.79 Å². The zero-order valence-corrected chi connectivity index (χ0v) is 15.8. The van der Waals surface area contributed by atoms with Crippen LogP contribution in [0.5, 0.6) is 0 Å². The van der Waals surface area contributed by atoms with Crippen LogP contribution in [-0.4, -0.2) is 59.1 Å². The summed E-state index contributed by atoms with van der Waals surface area (Å²) in [4.78, 5) is 36.2. The van der Waals surface area contributed by atoms with E-state index in [-0.39, 0.29) is 18.8 Å². The molecule has 0 aromatic carbocycles. The van der Waals surface area contributed by atoms with E-state index in [9.17, 15) is 24.6 Å². The lowest BCUT2D eigenvalue weighted by Crippen LogP contribution is -2.41. The van der Waals surface area contributed by atoms with Crippen molar-refractivity contribution in [1.82, 2.24) is 0 Å². The number of aliphatic hydroxyl groups is 2. The summed E-state index contributed by atoms with van der Waals surface area (Å²) in [6, 6.07) is 0. The number of esters is 2. The van der Waals surface area contributed by atoms with E-state index in [1.807, 2.05) is 13.8 Å². The third-order valence-corrected chi connectivity index (χ3v) is 5.13. The highest BCUT2D eigenvalue weighted by molar-refractivity contribution is 6.01. The maximum Gasteiger partial charge on any atom is 0.377 e. The van der Waals surface area contributed by atoms with Gasteiger partial charge in [-0.1, -0.05) is 26.5 Å². The molecule has 1 saturated heterocycles. The Balaban J connectivity index is 1.65. The summed E-state index contributed by atoms with van der Waals surface area (Å²) in [5.74, 6) is -3.90. The lowest BCUT2D eigenvalue weighted by molar-refractivity contribution is -0.184. The van der Waals surface area contributed by atoms with Crippen molar-refractivity contribution in [3.8, 4) is 0 Å². The summed E-state index contributed by atoms with van der Waals surface area (Å²) in [7, 11) is 0. The first kappa shape index (κ1) is 20.1. The zero-order valence-electron chi connectivity index (χ0n) is 15.8. The first-order valence-corrected chi connectivity index (χ1v) is 8.75. The Morgan fingerprint density at radius 2 is 2.00 bits per heavy atom. The van der Waals surface area contributed by atoms with E-state index in [0.717, 1.165) is 5.57 Å². The normalized spacial score (nSPS) is 32.5. The summed E-state index contributed by atoms with van der Waals surface area (Å²) in [5, 5.41) is 19.1. The van der Waals surface area contributed by atoms with Crippen LogP contribution in [0.25, 0.3) is 0 Å². The fraction of sp³-hybridized carbons (Fsp3) is 0.526. The highest BCUT2D eigenvalue weighted by Gasteiger charge is 2.47. The van der Waals surface area contributed by atoms with E-state index < -0.39 is 53.5 Å². The van der Waals surface area contributed by atoms with Crippen LogP contribution in [0.4, 0.5) is 0 Å². The van der Waals surface area contributed by atoms with Gasteiger partial charge >= 0.3 is 11.9 Å². The highest BCUT2D eigenvalue weighted by atomic mass is 16.8. The van der Waals surface area contributed by atoms with E-state index in [2.05, 4.69) is 6.58 Å². The molecule has 3 rings (SSSR count). The van der Waals surface area contributed by atoms with E-state index in [4.69, 9.17) is 18.9 Å². The van der Waals surface area contributed by atoms with Crippen molar-refractivity contribution in [1.29, 1.82) is 0 Å². The molecule has 0 spiro atoms. The monoisotopic (exact) mass is 394 g/mol. The third-order valence-electron chi connectivity index (χ3n) is 5.13. The van der Waals surface area contributed by atoms with Gasteiger partial charge in [-0.25, -0.2) is 9.59 Å². The van der Waals surface area contributed by atoms with Gasteiger partial charge < -0.3 is 29.2 Å². The van der Waals surface area contributed by atoms with Gasteiger partial charge in [0.2, 0.25) is 5.76 Å². The van der Waals surface area contributed by atoms with E-state index >= 15 is 0 Å². The van der Waals surface area contributed by atoms with Crippen LogP contribution >= 0.6 is 0 Å². The largest absolute Gasteiger partial charge is 0.505 e. The number of ether oxygens (including phenoxy) is 4. The van der Waals surface area contributed by atoms with Gasteiger partial charge in [-0.15, -0.1) is 0 Å². The van der Waals surface area contributed by atoms with Crippen LogP contribution in [-0.2, 0) is 33.3 Å². The number of ketones is 1. The molecule has 2 N–H and O–H groups in total. The Kier molecular flexibility index (Phi) is 5.07. The Morgan fingerprint density at radius 1 is 1.32 bits per heavy atom. The number of carbonyl (C=O) groups is 3. The fourth-order valence-corrected chi connectivity index (χ4v) is 3.69. The van der Waals surface area contributed by atoms with Crippen molar-refractivity contribution >= 4 is 17.7 Å². The smallest absolute Gasteiger partial charge is 0.377 e. The lowest BCUT2D eigenvalue weighted by Gasteiger charge is -2.36. The number of aliphatic hydroxyl groups excluding tert-OH is 2. The van der Waals surface area contributed by atoms with Crippen LogP contribution in [0.3, 0.4) is 0 Å². The minimum Gasteiger partial charge on any atom is -0.505 e. The van der Waals surface area contributed by atoms with E-state index in [0.29, 0.717) is 5.57 Å². The van der Waals surface area contributed by atoms with Crippen LogP contribution in [0, 0.1) is 5.41 Å². The number of carbonyl (C=O) groups excluding carboxylic acids is 3. The van der Waals surface area contributed by atoms with Crippen molar-refractivity contribution in [2.75, 3.05) is 6.61 Å². The second-order valence-electron chi connectivity index (χ2n) is 7.52. The fourth-order valence-electron chi connectivity index (χ4n) is 3.69. The minimum absolute atomic E-state index is 0.182. The first-order chi connectivity index (χ1) is 13.1. The van der Waals surface area contributed by atoms with Crippen LogP contribution in [0.15, 0.2) is 35.3 Å². The van der Waals surface area contributed by atoms with E-state index in [1.165, 1.54) is 0 Å². The number of hydrogen-bond acceptors (Lipinski definition) is 9. The molecule has 9 heteroatoms. The topological polar surface area (TPSA) is 129 Å². The van der Waals surface area contributed by atoms with Crippen molar-refractivity contribution < 1.29 is 43.5 Å². The van der Waals surface area contributed by atoms with Crippen molar-refractivity contribution in [2.24, 2.45) is 5.41 Å². The first-order valence-electron chi connectivity index (χ1n) is 8.75. The van der Waals surface area contributed by atoms with Gasteiger partial charge in [-0.2, -0.15) is 0 Å². The molecular weight excluding hydrogens is 372 g/mol. The molecular formula is C19H22O9.